The normalized spacial score (nSPS) is 22.6. The van der Waals surface area contributed by atoms with Crippen LogP contribution in [0.5, 0.6) is 0 Å². The molecule has 1 saturated heterocycles. The molecule has 2 nitrogen and oxygen atoms in total. The van der Waals surface area contributed by atoms with Gasteiger partial charge in [-0.3, -0.25) is 0 Å². The standard InChI is InChI=1S/C17H26F2N2/c1-4-5-20-9-14-7-15(18)17(16(19)8-14)21-10-12(2)6-13(3)11-21/h7-8,12-13,20H,4-6,9-11H2,1-3H3. The molecule has 1 heterocycles. The van der Waals surface area contributed by atoms with Crippen molar-refractivity contribution in [2.75, 3.05) is 24.5 Å². The van der Waals surface area contributed by atoms with Crippen molar-refractivity contribution in [1.82, 2.24) is 5.32 Å². The Kier molecular flexibility index (Phi) is 5.57. The Hall–Kier alpha value is -1.16. The molecule has 1 N–H and O–H groups in total. The second-order valence-electron chi connectivity index (χ2n) is 6.44. The summed E-state index contributed by atoms with van der Waals surface area (Å²) < 4.78 is 28.7. The number of halogens is 2. The van der Waals surface area contributed by atoms with Crippen molar-refractivity contribution in [3.05, 3.63) is 29.3 Å². The molecule has 1 aromatic carbocycles. The molecule has 0 bridgehead atoms. The number of anilines is 1. The molecule has 2 rings (SSSR count). The molecule has 1 aliphatic heterocycles. The first-order chi connectivity index (χ1) is 10.0. The van der Waals surface area contributed by atoms with E-state index in [1.54, 1.807) is 0 Å². The van der Waals surface area contributed by atoms with Gasteiger partial charge in [0, 0.05) is 19.6 Å². The fourth-order valence-electron chi connectivity index (χ4n) is 3.28. The maximum absolute atomic E-state index is 14.3. The van der Waals surface area contributed by atoms with Gasteiger partial charge in [0.05, 0.1) is 0 Å². The summed E-state index contributed by atoms with van der Waals surface area (Å²) in [5, 5.41) is 3.17. The van der Waals surface area contributed by atoms with Crippen LogP contribution in [0.3, 0.4) is 0 Å². The lowest BCUT2D eigenvalue weighted by atomic mass is 9.91. The third-order valence-electron chi connectivity index (χ3n) is 4.02. The second kappa shape index (κ2) is 7.21. The lowest BCUT2D eigenvalue weighted by molar-refractivity contribution is 0.351. The van der Waals surface area contributed by atoms with Crippen LogP contribution in [0, 0.1) is 23.5 Å². The van der Waals surface area contributed by atoms with Gasteiger partial charge in [0.1, 0.15) is 17.3 Å². The van der Waals surface area contributed by atoms with Gasteiger partial charge in [-0.25, -0.2) is 8.78 Å². The van der Waals surface area contributed by atoms with Gasteiger partial charge >= 0.3 is 0 Å². The minimum atomic E-state index is -0.440. The molecule has 0 aliphatic carbocycles. The molecule has 118 valence electrons. The van der Waals surface area contributed by atoms with Crippen molar-refractivity contribution in [3.8, 4) is 0 Å². The average molecular weight is 296 g/mol. The van der Waals surface area contributed by atoms with Crippen molar-refractivity contribution < 1.29 is 8.78 Å². The van der Waals surface area contributed by atoms with Crippen LogP contribution in [0.2, 0.25) is 0 Å². The largest absolute Gasteiger partial charge is 0.366 e. The van der Waals surface area contributed by atoms with Crippen molar-refractivity contribution >= 4 is 5.69 Å². The first-order valence-electron chi connectivity index (χ1n) is 7.94. The molecule has 0 aromatic heterocycles. The van der Waals surface area contributed by atoms with E-state index in [9.17, 15) is 8.78 Å². The van der Waals surface area contributed by atoms with Crippen LogP contribution in [0.25, 0.3) is 0 Å². The smallest absolute Gasteiger partial charge is 0.149 e. The Labute approximate surface area is 126 Å². The van der Waals surface area contributed by atoms with Crippen LogP contribution < -0.4 is 10.2 Å². The number of nitrogens with zero attached hydrogens (tertiary/aromatic N) is 1. The van der Waals surface area contributed by atoms with Gasteiger partial charge in [0.15, 0.2) is 0 Å². The summed E-state index contributed by atoms with van der Waals surface area (Å²) in [4.78, 5) is 1.87. The fourth-order valence-corrected chi connectivity index (χ4v) is 3.28. The highest BCUT2D eigenvalue weighted by atomic mass is 19.1. The summed E-state index contributed by atoms with van der Waals surface area (Å²) in [7, 11) is 0. The molecule has 1 fully saturated rings. The highest BCUT2D eigenvalue weighted by molar-refractivity contribution is 5.51. The van der Waals surface area contributed by atoms with Gasteiger partial charge < -0.3 is 10.2 Å². The highest BCUT2D eigenvalue weighted by Crippen LogP contribution is 2.31. The van der Waals surface area contributed by atoms with Crippen LogP contribution in [-0.2, 0) is 6.54 Å². The van der Waals surface area contributed by atoms with E-state index in [1.807, 2.05) is 4.90 Å². The quantitative estimate of drug-likeness (QED) is 0.828. The molecule has 0 amide bonds. The molecular weight excluding hydrogens is 270 g/mol. The van der Waals surface area contributed by atoms with Gasteiger partial charge in [0.2, 0.25) is 0 Å². The lowest BCUT2D eigenvalue weighted by Gasteiger charge is -2.37. The Morgan fingerprint density at radius 1 is 1.14 bits per heavy atom. The minimum Gasteiger partial charge on any atom is -0.366 e. The van der Waals surface area contributed by atoms with Gasteiger partial charge in [-0.05, 0) is 48.9 Å². The topological polar surface area (TPSA) is 15.3 Å². The average Bonchev–Trinajstić information content (AvgIpc) is 2.37. The summed E-state index contributed by atoms with van der Waals surface area (Å²) in [6.45, 7) is 9.16. The molecule has 0 spiro atoms. The number of nitrogens with one attached hydrogen (secondary N) is 1. The Morgan fingerprint density at radius 2 is 1.71 bits per heavy atom. The van der Waals surface area contributed by atoms with E-state index in [1.165, 1.54) is 12.1 Å². The molecule has 21 heavy (non-hydrogen) atoms. The van der Waals surface area contributed by atoms with Crippen molar-refractivity contribution in [2.24, 2.45) is 11.8 Å². The third-order valence-corrected chi connectivity index (χ3v) is 4.02. The zero-order valence-corrected chi connectivity index (χ0v) is 13.3. The Balaban J connectivity index is 2.16. The number of benzene rings is 1. The van der Waals surface area contributed by atoms with Crippen molar-refractivity contribution in [1.29, 1.82) is 0 Å². The Bertz CT molecular complexity index is 443. The number of hydrogen-bond donors (Lipinski definition) is 1. The van der Waals surface area contributed by atoms with Gasteiger partial charge in [0.25, 0.3) is 0 Å². The van der Waals surface area contributed by atoms with E-state index >= 15 is 0 Å². The first-order valence-corrected chi connectivity index (χ1v) is 7.94. The maximum Gasteiger partial charge on any atom is 0.149 e. The lowest BCUT2D eigenvalue weighted by Crippen LogP contribution is -2.39. The van der Waals surface area contributed by atoms with Crippen LogP contribution in [-0.4, -0.2) is 19.6 Å². The highest BCUT2D eigenvalue weighted by Gasteiger charge is 2.26. The Morgan fingerprint density at radius 3 is 2.24 bits per heavy atom. The third kappa shape index (κ3) is 4.16. The van der Waals surface area contributed by atoms with Gasteiger partial charge in [-0.1, -0.05) is 20.8 Å². The minimum absolute atomic E-state index is 0.146. The summed E-state index contributed by atoms with van der Waals surface area (Å²) in [6.07, 6.45) is 2.13. The van der Waals surface area contributed by atoms with Crippen LogP contribution >= 0.6 is 0 Å². The molecule has 1 aromatic rings. The van der Waals surface area contributed by atoms with Crippen molar-refractivity contribution in [2.45, 2.75) is 40.2 Å². The number of hydrogen-bond acceptors (Lipinski definition) is 2. The van der Waals surface area contributed by atoms with E-state index in [4.69, 9.17) is 0 Å². The second-order valence-corrected chi connectivity index (χ2v) is 6.44. The SMILES string of the molecule is CCCNCc1cc(F)c(N2CC(C)CC(C)C2)c(F)c1. The monoisotopic (exact) mass is 296 g/mol. The zero-order chi connectivity index (χ0) is 15.4. The van der Waals surface area contributed by atoms with E-state index in [-0.39, 0.29) is 5.69 Å². The summed E-state index contributed by atoms with van der Waals surface area (Å²) >= 11 is 0. The maximum atomic E-state index is 14.3. The van der Waals surface area contributed by atoms with Crippen molar-refractivity contribution in [3.63, 3.8) is 0 Å². The van der Waals surface area contributed by atoms with Crippen LogP contribution in [0.4, 0.5) is 14.5 Å². The van der Waals surface area contributed by atoms with E-state index in [0.29, 0.717) is 23.9 Å². The van der Waals surface area contributed by atoms with E-state index in [0.717, 1.165) is 32.5 Å². The molecule has 2 atom stereocenters. The zero-order valence-electron chi connectivity index (χ0n) is 13.3. The fraction of sp³-hybridized carbons (Fsp3) is 0.647. The summed E-state index contributed by atoms with van der Waals surface area (Å²) in [5.74, 6) is 0.0612. The molecule has 2 unspecified atom stereocenters. The molecular formula is C17H26F2N2. The molecule has 0 radical (unpaired) electrons. The van der Waals surface area contributed by atoms with Gasteiger partial charge in [-0.2, -0.15) is 0 Å². The summed E-state index contributed by atoms with van der Waals surface area (Å²) in [5.41, 5.74) is 0.813. The first kappa shape index (κ1) is 16.2. The predicted molar refractivity (Wildman–Crippen MR) is 83.5 cm³/mol. The van der Waals surface area contributed by atoms with E-state index in [2.05, 4.69) is 26.1 Å². The van der Waals surface area contributed by atoms with Crippen LogP contribution in [0.15, 0.2) is 12.1 Å². The molecule has 1 aliphatic rings. The predicted octanol–water partition coefficient (Wildman–Crippen LogP) is 3.95. The summed E-state index contributed by atoms with van der Waals surface area (Å²) in [6, 6.07) is 2.93. The number of piperidine rings is 1. The molecule has 0 saturated carbocycles. The van der Waals surface area contributed by atoms with Gasteiger partial charge in [-0.15, -0.1) is 0 Å². The van der Waals surface area contributed by atoms with Crippen LogP contribution in [0.1, 0.15) is 39.2 Å². The molecule has 4 heteroatoms. The van der Waals surface area contributed by atoms with E-state index < -0.39 is 11.6 Å². The number of rotatable bonds is 5.